The van der Waals surface area contributed by atoms with Gasteiger partial charge < -0.3 is 29.6 Å². The number of likely N-dealkylation sites (tertiary alicyclic amines) is 2. The van der Waals surface area contributed by atoms with Gasteiger partial charge in [-0.3, -0.25) is 39.3 Å². The number of nitrogens with one attached hydrogen (secondary N) is 2. The lowest BCUT2D eigenvalue weighted by atomic mass is 9.94. The maximum Gasteiger partial charge on any atom is 0.407 e. The van der Waals surface area contributed by atoms with Crippen LogP contribution in [-0.4, -0.2) is 103 Å². The van der Waals surface area contributed by atoms with Crippen molar-refractivity contribution in [1.29, 1.82) is 0 Å². The number of benzene rings is 2. The van der Waals surface area contributed by atoms with E-state index in [2.05, 4.69) is 35.2 Å². The van der Waals surface area contributed by atoms with Gasteiger partial charge in [0.05, 0.1) is 81.0 Å². The van der Waals surface area contributed by atoms with Crippen LogP contribution in [0.5, 0.6) is 0 Å². The number of hydrogen-bond acceptors (Lipinski definition) is 12. The SMILES string of the molecule is COC(=O)C[C@@H](C(=O)N1CCC[C@H]1c1ncc(-c2cnc(-c3cnc(C4=CN=C([C@@H]5CCCN5C(=O)[C@H](NC(=O)OC)c5ccccc5)C4)cn3)cn2)[nH]1)c1ccccc1. The third-order valence-electron chi connectivity index (χ3n) is 11.2. The number of hydrogen-bond donors (Lipinski definition) is 2. The number of imidazole rings is 1. The molecule has 0 aliphatic carbocycles. The topological polar surface area (TPSA) is 198 Å². The van der Waals surface area contributed by atoms with Gasteiger partial charge in [0.2, 0.25) is 11.8 Å². The number of H-pyrrole nitrogens is 1. The van der Waals surface area contributed by atoms with Crippen LogP contribution < -0.4 is 5.32 Å². The summed E-state index contributed by atoms with van der Waals surface area (Å²) in [6.07, 6.45) is 13.0. The van der Waals surface area contributed by atoms with Crippen LogP contribution in [0.4, 0.5) is 4.79 Å². The molecule has 16 nitrogen and oxygen atoms in total. The van der Waals surface area contributed by atoms with E-state index >= 15 is 0 Å². The van der Waals surface area contributed by atoms with Gasteiger partial charge in [-0.25, -0.2) is 9.78 Å². The van der Waals surface area contributed by atoms with Crippen molar-refractivity contribution in [2.24, 2.45) is 4.99 Å². The lowest BCUT2D eigenvalue weighted by molar-refractivity contribution is -0.145. The average molecular weight is 809 g/mol. The number of aromatic amines is 1. The summed E-state index contributed by atoms with van der Waals surface area (Å²) in [5.74, 6) is -0.826. The molecule has 2 fully saturated rings. The third-order valence-corrected chi connectivity index (χ3v) is 11.2. The maximum atomic E-state index is 13.9. The van der Waals surface area contributed by atoms with Gasteiger partial charge in [-0.15, -0.1) is 0 Å². The highest BCUT2D eigenvalue weighted by atomic mass is 16.5. The first-order valence-corrected chi connectivity index (χ1v) is 19.9. The van der Waals surface area contributed by atoms with Crippen LogP contribution in [0.1, 0.15) is 79.2 Å². The summed E-state index contributed by atoms with van der Waals surface area (Å²) in [5, 5.41) is 2.70. The molecule has 3 aliphatic heterocycles. The standard InChI is InChI=1S/C44H44N10O6/c1-59-39(55)20-30(27-11-5-3-6-12-27)42(56)54-18-10-16-38(54)41-50-26-36(51-41)35-25-48-34(24-49-35)33-23-46-32(22-47-33)29-19-31(45-21-29)37-15-9-17-53(37)43(57)40(52-44(58)60-2)28-13-7-4-8-14-28/h3-8,11-14,21-26,30,37-38,40H,9-10,15-20H2,1-2H3,(H,50,51)(H,52,58)/t30-,37+,38+,40-/m1/s1. The molecule has 3 aromatic heterocycles. The minimum absolute atomic E-state index is 0.0486. The van der Waals surface area contributed by atoms with Crippen molar-refractivity contribution in [3.8, 4) is 22.8 Å². The summed E-state index contributed by atoms with van der Waals surface area (Å²) in [5.41, 5.74) is 6.14. The Morgan fingerprint density at radius 1 is 0.717 bits per heavy atom. The lowest BCUT2D eigenvalue weighted by Gasteiger charge is -2.29. The molecule has 0 saturated carbocycles. The van der Waals surface area contributed by atoms with Gasteiger partial charge in [-0.1, -0.05) is 60.7 Å². The number of carbonyl (C=O) groups is 4. The molecule has 0 bridgehead atoms. The zero-order valence-electron chi connectivity index (χ0n) is 33.2. The number of rotatable bonds is 12. The largest absolute Gasteiger partial charge is 0.469 e. The quantitative estimate of drug-likeness (QED) is 0.149. The van der Waals surface area contributed by atoms with Gasteiger partial charge in [0.25, 0.3) is 0 Å². The lowest BCUT2D eigenvalue weighted by Crippen LogP contribution is -2.47. The number of alkyl carbamates (subject to hydrolysis) is 1. The molecule has 2 N–H and O–H groups in total. The number of amides is 3. The first-order valence-electron chi connectivity index (χ1n) is 19.9. The second-order valence-corrected chi connectivity index (χ2v) is 14.8. The van der Waals surface area contributed by atoms with E-state index in [1.807, 2.05) is 60.7 Å². The minimum atomic E-state index is -0.888. The Morgan fingerprint density at radius 2 is 1.32 bits per heavy atom. The predicted octanol–water partition coefficient (Wildman–Crippen LogP) is 5.61. The minimum Gasteiger partial charge on any atom is -0.469 e. The molecule has 0 unspecified atom stereocenters. The van der Waals surface area contributed by atoms with Crippen molar-refractivity contribution in [1.82, 2.24) is 45.0 Å². The fourth-order valence-electron chi connectivity index (χ4n) is 8.12. The number of aliphatic imine (C=N–C) groups is 1. The Balaban J connectivity index is 0.900. The molecule has 6 heterocycles. The summed E-state index contributed by atoms with van der Waals surface area (Å²) >= 11 is 0. The summed E-state index contributed by atoms with van der Waals surface area (Å²) in [6.45, 7) is 1.10. The molecule has 5 aromatic rings. The molecule has 60 heavy (non-hydrogen) atoms. The van der Waals surface area contributed by atoms with Crippen LogP contribution in [0.25, 0.3) is 28.3 Å². The first kappa shape index (κ1) is 39.7. The Bertz CT molecular complexity index is 2400. The van der Waals surface area contributed by atoms with E-state index in [0.29, 0.717) is 59.4 Å². The van der Waals surface area contributed by atoms with E-state index in [0.717, 1.165) is 42.5 Å². The van der Waals surface area contributed by atoms with Crippen LogP contribution in [-0.2, 0) is 23.9 Å². The number of nitrogens with zero attached hydrogens (tertiary/aromatic N) is 8. The molecular formula is C44H44N10O6. The van der Waals surface area contributed by atoms with Crippen molar-refractivity contribution in [3.63, 3.8) is 0 Å². The zero-order chi connectivity index (χ0) is 41.6. The molecule has 0 spiro atoms. The van der Waals surface area contributed by atoms with Gasteiger partial charge in [-0.2, -0.15) is 0 Å². The normalized spacial score (nSPS) is 18.4. The van der Waals surface area contributed by atoms with Crippen LogP contribution >= 0.6 is 0 Å². The molecule has 16 heteroatoms. The average Bonchev–Trinajstić information content (AvgIpc) is 4.15. The van der Waals surface area contributed by atoms with Gasteiger partial charge in [-0.05, 0) is 36.8 Å². The van der Waals surface area contributed by atoms with Crippen molar-refractivity contribution in [2.75, 3.05) is 27.3 Å². The van der Waals surface area contributed by atoms with E-state index in [1.165, 1.54) is 14.2 Å². The molecular weight excluding hydrogens is 765 g/mol. The highest BCUT2D eigenvalue weighted by Crippen LogP contribution is 2.36. The van der Waals surface area contributed by atoms with Gasteiger partial charge in [0.15, 0.2) is 0 Å². The molecule has 3 amide bonds. The van der Waals surface area contributed by atoms with E-state index < -0.39 is 24.0 Å². The highest BCUT2D eigenvalue weighted by molar-refractivity contribution is 6.03. The van der Waals surface area contributed by atoms with Crippen LogP contribution in [0.2, 0.25) is 0 Å². The van der Waals surface area contributed by atoms with Crippen LogP contribution in [0, 0.1) is 0 Å². The summed E-state index contributed by atoms with van der Waals surface area (Å²) in [6, 6.07) is 17.0. The van der Waals surface area contributed by atoms with E-state index in [-0.39, 0.29) is 30.3 Å². The van der Waals surface area contributed by atoms with E-state index in [1.54, 1.807) is 47.0 Å². The fourth-order valence-corrected chi connectivity index (χ4v) is 8.12. The molecule has 2 aromatic carbocycles. The number of esters is 1. The van der Waals surface area contributed by atoms with E-state index in [4.69, 9.17) is 14.5 Å². The second-order valence-electron chi connectivity index (χ2n) is 14.8. The molecule has 3 aliphatic rings. The smallest absolute Gasteiger partial charge is 0.407 e. The Morgan fingerprint density at radius 3 is 1.95 bits per heavy atom. The monoisotopic (exact) mass is 808 g/mol. The molecule has 0 radical (unpaired) electrons. The number of methoxy groups -OCH3 is 2. The summed E-state index contributed by atoms with van der Waals surface area (Å²) in [4.78, 5) is 87.2. The number of aromatic nitrogens is 6. The predicted molar refractivity (Wildman–Crippen MR) is 220 cm³/mol. The Kier molecular flexibility index (Phi) is 11.8. The molecule has 2 saturated heterocycles. The van der Waals surface area contributed by atoms with Crippen molar-refractivity contribution in [2.45, 2.75) is 62.6 Å². The maximum absolute atomic E-state index is 13.9. The van der Waals surface area contributed by atoms with Crippen molar-refractivity contribution >= 4 is 35.2 Å². The second kappa shape index (κ2) is 17.8. The van der Waals surface area contributed by atoms with Crippen LogP contribution in [0.3, 0.4) is 0 Å². The Hall–Kier alpha value is -7.10. The summed E-state index contributed by atoms with van der Waals surface area (Å²) < 4.78 is 9.74. The van der Waals surface area contributed by atoms with Crippen molar-refractivity contribution in [3.05, 3.63) is 120 Å². The third kappa shape index (κ3) is 8.39. The van der Waals surface area contributed by atoms with Gasteiger partial charge in [0, 0.05) is 37.0 Å². The molecule has 306 valence electrons. The first-order chi connectivity index (χ1) is 29.3. The number of ether oxygens (including phenoxy) is 2. The highest BCUT2D eigenvalue weighted by Gasteiger charge is 2.39. The van der Waals surface area contributed by atoms with E-state index in [9.17, 15) is 19.2 Å². The van der Waals surface area contributed by atoms with Crippen LogP contribution in [0.15, 0.2) is 103 Å². The summed E-state index contributed by atoms with van der Waals surface area (Å²) in [7, 11) is 2.60. The fraction of sp³-hybridized carbons (Fsp3) is 0.318. The number of allylic oxidation sites excluding steroid dienone is 1. The van der Waals surface area contributed by atoms with Crippen molar-refractivity contribution < 1.29 is 28.7 Å². The van der Waals surface area contributed by atoms with Gasteiger partial charge in [0.1, 0.15) is 28.9 Å². The molecule has 4 atom stereocenters. The zero-order valence-corrected chi connectivity index (χ0v) is 33.2. The van der Waals surface area contributed by atoms with Gasteiger partial charge >= 0.3 is 12.1 Å². The number of carbonyl (C=O) groups excluding carboxylic acids is 4. The Labute approximate surface area is 346 Å². The molecule has 8 rings (SSSR count).